The van der Waals surface area contributed by atoms with E-state index in [2.05, 4.69) is 43.6 Å². The van der Waals surface area contributed by atoms with Gasteiger partial charge in [0.1, 0.15) is 17.3 Å². The van der Waals surface area contributed by atoms with Crippen molar-refractivity contribution in [3.8, 4) is 5.75 Å². The molecule has 0 amide bonds. The number of nitrogens with zero attached hydrogens (tertiary/aromatic N) is 1. The molecular weight excluding hydrogens is 398 g/mol. The standard InChI is InChI=1S/C28H33NO3/c1-4-24-14-15-26(32-24)13-12-23-16-17-28(3,19-23)20-27(30)22(2)9-8-18-29-21-31-25-10-6-5-7-11-25/h5-11,14-16,18H,2,4,12-13,17,19-21H2,1,3H3/b9-8-,29-18-. The number of allylic oxidation sites excluding steroid dienone is 5. The van der Waals surface area contributed by atoms with E-state index in [0.717, 1.165) is 49.4 Å². The molecule has 1 atom stereocenters. The smallest absolute Gasteiger partial charge is 0.179 e. The molecule has 0 bridgehead atoms. The Morgan fingerprint density at radius 3 is 2.72 bits per heavy atom. The first kappa shape index (κ1) is 23.5. The van der Waals surface area contributed by atoms with Crippen molar-refractivity contribution in [2.45, 2.75) is 52.4 Å². The highest BCUT2D eigenvalue weighted by Crippen LogP contribution is 2.42. The zero-order valence-corrected chi connectivity index (χ0v) is 19.2. The number of hydrogen-bond donors (Lipinski definition) is 0. The molecule has 0 saturated heterocycles. The van der Waals surface area contributed by atoms with Crippen LogP contribution < -0.4 is 4.74 Å². The minimum absolute atomic E-state index is 0.0292. The van der Waals surface area contributed by atoms with Crippen LogP contribution in [0.25, 0.3) is 0 Å². The van der Waals surface area contributed by atoms with Gasteiger partial charge in [0.05, 0.1) is 0 Å². The summed E-state index contributed by atoms with van der Waals surface area (Å²) in [7, 11) is 0. The van der Waals surface area contributed by atoms with E-state index in [-0.39, 0.29) is 17.9 Å². The van der Waals surface area contributed by atoms with Gasteiger partial charge in [0.25, 0.3) is 0 Å². The molecule has 1 aliphatic carbocycles. The normalized spacial score (nSPS) is 18.4. The van der Waals surface area contributed by atoms with Crippen LogP contribution in [0.1, 0.15) is 51.1 Å². The number of ether oxygens (including phenoxy) is 1. The first-order valence-corrected chi connectivity index (χ1v) is 11.3. The predicted molar refractivity (Wildman–Crippen MR) is 130 cm³/mol. The summed E-state index contributed by atoms with van der Waals surface area (Å²) in [6.07, 6.45) is 12.6. The summed E-state index contributed by atoms with van der Waals surface area (Å²) in [5.74, 6) is 2.95. The van der Waals surface area contributed by atoms with Gasteiger partial charge in [-0.3, -0.25) is 9.79 Å². The van der Waals surface area contributed by atoms with Crippen molar-refractivity contribution < 1.29 is 13.9 Å². The van der Waals surface area contributed by atoms with Gasteiger partial charge < -0.3 is 9.15 Å². The summed E-state index contributed by atoms with van der Waals surface area (Å²) in [6, 6.07) is 13.7. The van der Waals surface area contributed by atoms with Crippen molar-refractivity contribution in [1.29, 1.82) is 0 Å². The zero-order valence-electron chi connectivity index (χ0n) is 19.2. The number of rotatable bonds is 12. The molecular formula is C28H33NO3. The third-order valence-electron chi connectivity index (χ3n) is 5.78. The maximum absolute atomic E-state index is 12.7. The van der Waals surface area contributed by atoms with Crippen molar-refractivity contribution in [3.63, 3.8) is 0 Å². The maximum atomic E-state index is 12.7. The Kier molecular flexibility index (Phi) is 8.43. The Balaban J connectivity index is 1.38. The molecule has 1 aromatic heterocycles. The second kappa shape index (κ2) is 11.5. The highest BCUT2D eigenvalue weighted by Gasteiger charge is 2.32. The molecule has 0 saturated carbocycles. The quantitative estimate of drug-likeness (QED) is 0.163. The predicted octanol–water partition coefficient (Wildman–Crippen LogP) is 6.68. The van der Waals surface area contributed by atoms with Crippen molar-refractivity contribution in [2.75, 3.05) is 6.73 Å². The van der Waals surface area contributed by atoms with Crippen LogP contribution in [0.4, 0.5) is 0 Å². The molecule has 1 aromatic carbocycles. The van der Waals surface area contributed by atoms with Gasteiger partial charge in [-0.25, -0.2) is 0 Å². The average molecular weight is 432 g/mol. The lowest BCUT2D eigenvalue weighted by atomic mass is 9.80. The molecule has 1 unspecified atom stereocenters. The summed E-state index contributed by atoms with van der Waals surface area (Å²) >= 11 is 0. The number of hydrogen-bond acceptors (Lipinski definition) is 4. The van der Waals surface area contributed by atoms with Gasteiger partial charge in [-0.1, -0.05) is 56.4 Å². The Morgan fingerprint density at radius 2 is 1.97 bits per heavy atom. The summed E-state index contributed by atoms with van der Waals surface area (Å²) in [6.45, 7) is 8.46. The SMILES string of the molecule is C=C(/C=C\C=N/COc1ccccc1)C(=O)CC1(C)CC=C(CCc2ccc(CC)o2)C1. The van der Waals surface area contributed by atoms with Gasteiger partial charge in [-0.05, 0) is 55.0 Å². The second-order valence-corrected chi connectivity index (χ2v) is 8.68. The van der Waals surface area contributed by atoms with Gasteiger partial charge >= 0.3 is 0 Å². The van der Waals surface area contributed by atoms with Crippen molar-refractivity contribution in [1.82, 2.24) is 0 Å². The van der Waals surface area contributed by atoms with Gasteiger partial charge in [-0.15, -0.1) is 0 Å². The Labute approximate surface area is 191 Å². The van der Waals surface area contributed by atoms with Crippen LogP contribution in [0.5, 0.6) is 5.75 Å². The molecule has 0 spiro atoms. The molecule has 2 aromatic rings. The number of carbonyl (C=O) groups excluding carboxylic acids is 1. The highest BCUT2D eigenvalue weighted by molar-refractivity contribution is 5.98. The molecule has 168 valence electrons. The molecule has 0 N–H and O–H groups in total. The summed E-state index contributed by atoms with van der Waals surface area (Å²) in [5, 5.41) is 0. The molecule has 1 heterocycles. The van der Waals surface area contributed by atoms with E-state index in [1.807, 2.05) is 30.3 Å². The van der Waals surface area contributed by atoms with Crippen LogP contribution in [0.3, 0.4) is 0 Å². The number of ketones is 1. The number of para-hydroxylation sites is 1. The van der Waals surface area contributed by atoms with Crippen LogP contribution in [-0.2, 0) is 17.6 Å². The van der Waals surface area contributed by atoms with Gasteiger partial charge in [0.15, 0.2) is 12.5 Å². The van der Waals surface area contributed by atoms with Crippen LogP contribution in [0.2, 0.25) is 0 Å². The molecule has 32 heavy (non-hydrogen) atoms. The van der Waals surface area contributed by atoms with E-state index < -0.39 is 0 Å². The van der Waals surface area contributed by atoms with Gasteiger partial charge in [-0.2, -0.15) is 0 Å². The second-order valence-electron chi connectivity index (χ2n) is 8.68. The maximum Gasteiger partial charge on any atom is 0.179 e. The first-order valence-electron chi connectivity index (χ1n) is 11.3. The first-order chi connectivity index (χ1) is 15.5. The van der Waals surface area contributed by atoms with Crippen LogP contribution in [-0.4, -0.2) is 18.7 Å². The van der Waals surface area contributed by atoms with E-state index >= 15 is 0 Å². The largest absolute Gasteiger partial charge is 0.471 e. The Bertz CT molecular complexity index is 997. The molecule has 0 radical (unpaired) electrons. The minimum atomic E-state index is -0.0292. The zero-order chi connectivity index (χ0) is 22.8. The van der Waals surface area contributed by atoms with E-state index in [1.165, 1.54) is 5.57 Å². The summed E-state index contributed by atoms with van der Waals surface area (Å²) in [5.41, 5.74) is 1.90. The lowest BCUT2D eigenvalue weighted by molar-refractivity contribution is -0.117. The Morgan fingerprint density at radius 1 is 1.19 bits per heavy atom. The third-order valence-corrected chi connectivity index (χ3v) is 5.78. The van der Waals surface area contributed by atoms with Crippen molar-refractivity contribution in [3.05, 3.63) is 89.9 Å². The van der Waals surface area contributed by atoms with Crippen LogP contribution in [0.15, 0.2) is 87.8 Å². The van der Waals surface area contributed by atoms with Crippen molar-refractivity contribution in [2.24, 2.45) is 10.4 Å². The average Bonchev–Trinajstić information content (AvgIpc) is 3.41. The number of benzene rings is 1. The van der Waals surface area contributed by atoms with Crippen molar-refractivity contribution >= 4 is 12.0 Å². The number of Topliss-reactive ketones (excluding diaryl/α,β-unsaturated/α-hetero) is 1. The fraction of sp³-hybridized carbons (Fsp3) is 0.357. The Hall–Kier alpha value is -3.14. The molecule has 4 nitrogen and oxygen atoms in total. The molecule has 1 aliphatic rings. The highest BCUT2D eigenvalue weighted by atomic mass is 16.5. The molecule has 4 heteroatoms. The number of aliphatic imine (C=N–C) groups is 1. The topological polar surface area (TPSA) is 51.8 Å². The molecule has 0 fully saturated rings. The van der Waals surface area contributed by atoms with E-state index in [9.17, 15) is 4.79 Å². The fourth-order valence-electron chi connectivity index (χ4n) is 3.92. The summed E-state index contributed by atoms with van der Waals surface area (Å²) in [4.78, 5) is 16.8. The van der Waals surface area contributed by atoms with E-state index in [1.54, 1.807) is 18.4 Å². The monoisotopic (exact) mass is 431 g/mol. The van der Waals surface area contributed by atoms with Crippen LogP contribution >= 0.6 is 0 Å². The third kappa shape index (κ3) is 7.23. The van der Waals surface area contributed by atoms with Gasteiger partial charge in [0, 0.05) is 31.1 Å². The van der Waals surface area contributed by atoms with Gasteiger partial charge in [0.2, 0.25) is 0 Å². The molecule has 3 rings (SSSR count). The van der Waals surface area contributed by atoms with Crippen LogP contribution in [0, 0.1) is 5.41 Å². The summed E-state index contributed by atoms with van der Waals surface area (Å²) < 4.78 is 11.3. The molecule has 0 aliphatic heterocycles. The number of carbonyl (C=O) groups is 1. The number of furan rings is 1. The fourth-order valence-corrected chi connectivity index (χ4v) is 3.92. The lowest BCUT2D eigenvalue weighted by Gasteiger charge is -2.23. The number of aryl methyl sites for hydroxylation is 2. The minimum Gasteiger partial charge on any atom is -0.471 e. The lowest BCUT2D eigenvalue weighted by Crippen LogP contribution is -2.18. The van der Waals surface area contributed by atoms with E-state index in [0.29, 0.717) is 12.0 Å². The van der Waals surface area contributed by atoms with E-state index in [4.69, 9.17) is 9.15 Å².